The van der Waals surface area contributed by atoms with Gasteiger partial charge in [-0.2, -0.15) is 0 Å². The Bertz CT molecular complexity index is 1180. The van der Waals surface area contributed by atoms with Crippen LogP contribution in [0.2, 0.25) is 5.02 Å². The number of carboxylic acid groups (broad SMARTS) is 1. The van der Waals surface area contributed by atoms with Crippen molar-refractivity contribution in [1.82, 2.24) is 5.16 Å². The lowest BCUT2D eigenvalue weighted by molar-refractivity contribution is -0.142. The van der Waals surface area contributed by atoms with E-state index in [9.17, 15) is 14.7 Å². The van der Waals surface area contributed by atoms with E-state index in [1.54, 1.807) is 38.1 Å². The summed E-state index contributed by atoms with van der Waals surface area (Å²) >= 11 is 6.45. The van der Waals surface area contributed by atoms with Gasteiger partial charge in [-0.15, -0.1) is 0 Å². The molecule has 1 heterocycles. The topological polar surface area (TPSA) is 92.9 Å². The summed E-state index contributed by atoms with van der Waals surface area (Å²) < 4.78 is 10.9. The molecule has 34 heavy (non-hydrogen) atoms. The van der Waals surface area contributed by atoms with E-state index in [0.717, 1.165) is 24.0 Å². The van der Waals surface area contributed by atoms with Gasteiger partial charge in [-0.05, 0) is 69.2 Å². The second kappa shape index (κ2) is 10.3. The molecule has 2 aromatic carbocycles. The number of halogens is 1. The molecule has 4 rings (SSSR count). The molecule has 0 saturated heterocycles. The van der Waals surface area contributed by atoms with Gasteiger partial charge in [0, 0.05) is 5.56 Å². The first-order chi connectivity index (χ1) is 16.4. The number of hydrogen-bond donors (Lipinski definition) is 1. The third kappa shape index (κ3) is 4.80. The Morgan fingerprint density at radius 2 is 1.88 bits per heavy atom. The Labute approximate surface area is 203 Å². The third-order valence-corrected chi connectivity index (χ3v) is 6.63. The molecular formula is C26H27ClN2O5. The van der Waals surface area contributed by atoms with Crippen molar-refractivity contribution < 1.29 is 24.0 Å². The van der Waals surface area contributed by atoms with Crippen LogP contribution in [0.1, 0.15) is 49.8 Å². The molecule has 0 atom stereocenters. The number of carboxylic acids is 1. The van der Waals surface area contributed by atoms with Crippen LogP contribution in [0.5, 0.6) is 0 Å². The molecule has 1 saturated carbocycles. The Balaban J connectivity index is 1.73. The van der Waals surface area contributed by atoms with Crippen molar-refractivity contribution in [3.05, 3.63) is 64.9 Å². The number of anilines is 2. The lowest BCUT2D eigenvalue weighted by Crippen LogP contribution is -2.27. The van der Waals surface area contributed by atoms with E-state index in [-0.39, 0.29) is 18.4 Å². The van der Waals surface area contributed by atoms with Crippen molar-refractivity contribution in [3.63, 3.8) is 0 Å². The molecule has 8 heteroatoms. The third-order valence-electron chi connectivity index (χ3n) is 6.31. The zero-order chi connectivity index (χ0) is 24.2. The summed E-state index contributed by atoms with van der Waals surface area (Å²) in [6.07, 6.45) is 2.40. The SMILES string of the molecule is CCOC(=O)N(c1ccccc1Cl)c1c(-c2cccc(C3CCC(C(=O)O)CC3)c2)noc1C. The molecule has 1 N–H and O–H groups in total. The maximum atomic E-state index is 13.1. The number of ether oxygens (including phenoxy) is 1. The average molecular weight is 483 g/mol. The summed E-state index contributed by atoms with van der Waals surface area (Å²) in [6, 6.07) is 15.0. The number of para-hydroxylation sites is 1. The second-order valence-electron chi connectivity index (χ2n) is 8.43. The van der Waals surface area contributed by atoms with Crippen LogP contribution in [-0.2, 0) is 9.53 Å². The van der Waals surface area contributed by atoms with E-state index in [2.05, 4.69) is 11.2 Å². The summed E-state index contributed by atoms with van der Waals surface area (Å²) in [5.41, 5.74) is 3.36. The van der Waals surface area contributed by atoms with Crippen LogP contribution in [0.4, 0.5) is 16.2 Å². The second-order valence-corrected chi connectivity index (χ2v) is 8.84. The van der Waals surface area contributed by atoms with Crippen LogP contribution in [0.15, 0.2) is 53.1 Å². The summed E-state index contributed by atoms with van der Waals surface area (Å²) in [5, 5.41) is 14.0. The molecule has 3 aromatic rings. The van der Waals surface area contributed by atoms with Crippen LogP contribution in [0.3, 0.4) is 0 Å². The van der Waals surface area contributed by atoms with E-state index in [4.69, 9.17) is 20.9 Å². The number of carbonyl (C=O) groups is 2. The summed E-state index contributed by atoms with van der Waals surface area (Å²) in [5.74, 6) is -0.251. The van der Waals surface area contributed by atoms with Crippen LogP contribution >= 0.6 is 11.6 Å². The number of aryl methyl sites for hydroxylation is 1. The minimum Gasteiger partial charge on any atom is -0.481 e. The molecule has 178 valence electrons. The quantitative estimate of drug-likeness (QED) is 0.408. The summed E-state index contributed by atoms with van der Waals surface area (Å²) in [7, 11) is 0. The van der Waals surface area contributed by atoms with Crippen molar-refractivity contribution >= 4 is 35.0 Å². The molecule has 7 nitrogen and oxygen atoms in total. The van der Waals surface area contributed by atoms with Crippen LogP contribution in [-0.4, -0.2) is 28.9 Å². The first-order valence-electron chi connectivity index (χ1n) is 11.4. The Morgan fingerprint density at radius 3 is 2.56 bits per heavy atom. The number of aliphatic carboxylic acids is 1. The van der Waals surface area contributed by atoms with E-state index in [0.29, 0.717) is 40.7 Å². The van der Waals surface area contributed by atoms with Crippen molar-refractivity contribution in [2.45, 2.75) is 45.4 Å². The lowest BCUT2D eigenvalue weighted by atomic mass is 9.78. The first kappa shape index (κ1) is 23.8. The number of hydrogen-bond acceptors (Lipinski definition) is 5. The Hall–Kier alpha value is -3.32. The highest BCUT2D eigenvalue weighted by atomic mass is 35.5. The highest BCUT2D eigenvalue weighted by molar-refractivity contribution is 6.34. The average Bonchev–Trinajstić information content (AvgIpc) is 3.22. The largest absolute Gasteiger partial charge is 0.481 e. The molecule has 1 aromatic heterocycles. The van der Waals surface area contributed by atoms with E-state index >= 15 is 0 Å². The normalized spacial score (nSPS) is 17.9. The highest BCUT2D eigenvalue weighted by Gasteiger charge is 2.31. The number of rotatable bonds is 6. The van der Waals surface area contributed by atoms with E-state index in [1.807, 2.05) is 18.2 Å². The maximum Gasteiger partial charge on any atom is 0.419 e. The standard InChI is InChI=1S/C26H27ClN2O5/c1-3-33-26(32)29(22-10-5-4-9-21(22)27)24-16(2)34-28-23(24)20-8-6-7-19(15-20)17-11-13-18(14-12-17)25(30)31/h4-10,15,17-18H,3,11-14H2,1-2H3,(H,30,31). The molecule has 1 aliphatic rings. The number of amides is 1. The molecule has 0 radical (unpaired) electrons. The Kier molecular flexibility index (Phi) is 7.22. The monoisotopic (exact) mass is 482 g/mol. The molecule has 0 bridgehead atoms. The lowest BCUT2D eigenvalue weighted by Gasteiger charge is -2.27. The molecule has 1 fully saturated rings. The van der Waals surface area contributed by atoms with Crippen molar-refractivity contribution in [1.29, 1.82) is 0 Å². The van der Waals surface area contributed by atoms with Gasteiger partial charge in [0.15, 0.2) is 5.76 Å². The van der Waals surface area contributed by atoms with Gasteiger partial charge in [-0.25, -0.2) is 9.69 Å². The first-order valence-corrected chi connectivity index (χ1v) is 11.8. The van der Waals surface area contributed by atoms with Gasteiger partial charge in [-0.3, -0.25) is 4.79 Å². The maximum absolute atomic E-state index is 13.1. The number of aromatic nitrogens is 1. The number of nitrogens with zero attached hydrogens (tertiary/aromatic N) is 2. The van der Waals surface area contributed by atoms with E-state index < -0.39 is 12.1 Å². The predicted molar refractivity (Wildman–Crippen MR) is 130 cm³/mol. The summed E-state index contributed by atoms with van der Waals surface area (Å²) in [6.45, 7) is 3.69. The molecule has 0 aliphatic heterocycles. The van der Waals surface area contributed by atoms with Crippen molar-refractivity contribution in [2.24, 2.45) is 5.92 Å². The van der Waals surface area contributed by atoms with Crippen LogP contribution in [0.25, 0.3) is 11.3 Å². The molecule has 0 unspecified atom stereocenters. The van der Waals surface area contributed by atoms with Gasteiger partial charge in [0.1, 0.15) is 11.4 Å². The highest BCUT2D eigenvalue weighted by Crippen LogP contribution is 2.42. The zero-order valence-electron chi connectivity index (χ0n) is 19.2. The fraction of sp³-hybridized carbons (Fsp3) is 0.346. The number of carbonyl (C=O) groups excluding carboxylic acids is 1. The fourth-order valence-corrected chi connectivity index (χ4v) is 4.79. The Morgan fingerprint density at radius 1 is 1.15 bits per heavy atom. The summed E-state index contributed by atoms with van der Waals surface area (Å²) in [4.78, 5) is 25.8. The predicted octanol–water partition coefficient (Wildman–Crippen LogP) is 6.96. The van der Waals surface area contributed by atoms with E-state index in [1.165, 1.54) is 4.90 Å². The minimum absolute atomic E-state index is 0.202. The van der Waals surface area contributed by atoms with Crippen molar-refractivity contribution in [2.75, 3.05) is 11.5 Å². The van der Waals surface area contributed by atoms with Gasteiger partial charge in [0.05, 0.1) is 23.2 Å². The fourth-order valence-electron chi connectivity index (χ4n) is 4.56. The van der Waals surface area contributed by atoms with Gasteiger partial charge in [-0.1, -0.05) is 47.1 Å². The van der Waals surface area contributed by atoms with Gasteiger partial charge < -0.3 is 14.4 Å². The smallest absolute Gasteiger partial charge is 0.419 e. The van der Waals surface area contributed by atoms with Crippen LogP contribution in [0, 0.1) is 12.8 Å². The molecule has 1 amide bonds. The zero-order valence-corrected chi connectivity index (χ0v) is 19.9. The minimum atomic E-state index is -0.714. The molecular weight excluding hydrogens is 456 g/mol. The van der Waals surface area contributed by atoms with Crippen LogP contribution < -0.4 is 4.90 Å². The van der Waals surface area contributed by atoms with Gasteiger partial charge in [0.2, 0.25) is 0 Å². The molecule has 0 spiro atoms. The van der Waals surface area contributed by atoms with Gasteiger partial charge >= 0.3 is 12.1 Å². The number of benzene rings is 2. The van der Waals surface area contributed by atoms with Gasteiger partial charge in [0.25, 0.3) is 0 Å². The van der Waals surface area contributed by atoms with Crippen molar-refractivity contribution in [3.8, 4) is 11.3 Å². The molecule has 1 aliphatic carbocycles.